The molecule has 6 rings (SSSR count). The molecular weight excluding hydrogens is 331 g/mol. The zero-order chi connectivity index (χ0) is 18.2. The van der Waals surface area contributed by atoms with Crippen molar-refractivity contribution in [1.29, 1.82) is 0 Å². The second-order valence-corrected chi connectivity index (χ2v) is 11.2. The summed E-state index contributed by atoms with van der Waals surface area (Å²) in [4.78, 5) is 0. The molecule has 9 atom stereocenters. The Labute approximate surface area is 164 Å². The third-order valence-corrected chi connectivity index (χ3v) is 10.1. The van der Waals surface area contributed by atoms with E-state index in [0.717, 1.165) is 53.8 Å². The summed E-state index contributed by atoms with van der Waals surface area (Å²) in [6.07, 6.45) is 14.7. The minimum Gasteiger partial charge on any atom is -0.207 e. The van der Waals surface area contributed by atoms with Crippen LogP contribution in [0.1, 0.15) is 70.3 Å². The molecule has 1 aromatic rings. The second-order valence-electron chi connectivity index (χ2n) is 11.2. The van der Waals surface area contributed by atoms with Crippen LogP contribution in [0.15, 0.2) is 24.3 Å². The Morgan fingerprint density at radius 2 is 2.00 bits per heavy atom. The zero-order valence-corrected chi connectivity index (χ0v) is 16.9. The summed E-state index contributed by atoms with van der Waals surface area (Å²) in [5.41, 5.74) is 1.92. The SMILES string of the molecule is CCCC1CC2CC1C1CC34CCC(C21)C3CC(Cc1cccc(F)c1)C4. The van der Waals surface area contributed by atoms with Crippen molar-refractivity contribution < 1.29 is 4.39 Å². The van der Waals surface area contributed by atoms with Crippen molar-refractivity contribution >= 4 is 0 Å². The van der Waals surface area contributed by atoms with Crippen LogP contribution in [-0.2, 0) is 6.42 Å². The standard InChI is InChI=1S/C26H35F/c1-2-4-18-12-19-13-22(18)23-15-26-8-7-21(25(19)23)24(26)11-17(14-26)9-16-5-3-6-20(27)10-16/h3,5-6,10,17-19,21-25H,2,4,7-9,11-15H2,1H3. The van der Waals surface area contributed by atoms with Gasteiger partial charge in [0.25, 0.3) is 0 Å². The number of halogens is 1. The fraction of sp³-hybridized carbons (Fsp3) is 0.769. The van der Waals surface area contributed by atoms with E-state index in [4.69, 9.17) is 0 Å². The predicted molar refractivity (Wildman–Crippen MR) is 108 cm³/mol. The van der Waals surface area contributed by atoms with Crippen LogP contribution in [-0.4, -0.2) is 0 Å². The van der Waals surface area contributed by atoms with Crippen LogP contribution >= 0.6 is 0 Å². The van der Waals surface area contributed by atoms with Gasteiger partial charge in [0.2, 0.25) is 0 Å². The van der Waals surface area contributed by atoms with Gasteiger partial charge in [0.15, 0.2) is 0 Å². The van der Waals surface area contributed by atoms with Gasteiger partial charge in [-0.2, -0.15) is 0 Å². The summed E-state index contributed by atoms with van der Waals surface area (Å²) in [6, 6.07) is 7.41. The molecule has 5 aliphatic carbocycles. The molecule has 27 heavy (non-hydrogen) atoms. The van der Waals surface area contributed by atoms with Gasteiger partial charge < -0.3 is 0 Å². The van der Waals surface area contributed by atoms with Crippen LogP contribution in [0.5, 0.6) is 0 Å². The molecule has 5 fully saturated rings. The summed E-state index contributed by atoms with van der Waals surface area (Å²) in [7, 11) is 0. The van der Waals surface area contributed by atoms with Gasteiger partial charge in [0, 0.05) is 0 Å². The Morgan fingerprint density at radius 3 is 2.85 bits per heavy atom. The fourth-order valence-corrected chi connectivity index (χ4v) is 9.74. The first-order valence-electron chi connectivity index (χ1n) is 11.9. The molecule has 0 radical (unpaired) electrons. The molecular formula is C26H35F. The molecule has 1 heteroatoms. The normalized spacial score (nSPS) is 49.4. The minimum absolute atomic E-state index is 0.0596. The third kappa shape index (κ3) is 2.45. The lowest BCUT2D eigenvalue weighted by Crippen LogP contribution is -2.43. The Hall–Kier alpha value is -0.850. The molecule has 9 unspecified atom stereocenters. The van der Waals surface area contributed by atoms with E-state index in [9.17, 15) is 4.39 Å². The summed E-state index contributed by atoms with van der Waals surface area (Å²) in [5, 5.41) is 0. The molecule has 0 nitrogen and oxygen atoms in total. The summed E-state index contributed by atoms with van der Waals surface area (Å²) >= 11 is 0. The quantitative estimate of drug-likeness (QED) is 0.544. The summed E-state index contributed by atoms with van der Waals surface area (Å²) < 4.78 is 13.6. The van der Waals surface area contributed by atoms with Crippen LogP contribution in [0, 0.1) is 58.6 Å². The highest BCUT2D eigenvalue weighted by Crippen LogP contribution is 2.74. The lowest BCUT2D eigenvalue weighted by molar-refractivity contribution is -0.00956. The molecule has 0 spiro atoms. The Balaban J connectivity index is 1.23. The van der Waals surface area contributed by atoms with Crippen molar-refractivity contribution in [3.8, 4) is 0 Å². The highest BCUT2D eigenvalue weighted by Gasteiger charge is 2.66. The minimum atomic E-state index is -0.0596. The van der Waals surface area contributed by atoms with Crippen LogP contribution in [0.3, 0.4) is 0 Å². The topological polar surface area (TPSA) is 0 Å². The first kappa shape index (κ1) is 17.0. The van der Waals surface area contributed by atoms with Crippen molar-refractivity contribution in [1.82, 2.24) is 0 Å². The van der Waals surface area contributed by atoms with Crippen LogP contribution < -0.4 is 0 Å². The van der Waals surface area contributed by atoms with E-state index < -0.39 is 0 Å². The Morgan fingerprint density at radius 1 is 1.07 bits per heavy atom. The summed E-state index contributed by atoms with van der Waals surface area (Å²) in [5.74, 6) is 8.23. The number of fused-ring (bicyclic) bond motifs is 6. The highest BCUT2D eigenvalue weighted by molar-refractivity contribution is 5.20. The monoisotopic (exact) mass is 366 g/mol. The van der Waals surface area contributed by atoms with Gasteiger partial charge in [-0.05, 0) is 122 Å². The molecule has 1 aromatic carbocycles. The van der Waals surface area contributed by atoms with E-state index in [1.165, 1.54) is 37.7 Å². The van der Waals surface area contributed by atoms with E-state index in [2.05, 4.69) is 13.0 Å². The molecule has 0 amide bonds. The predicted octanol–water partition coefficient (Wildman–Crippen LogP) is 6.88. The van der Waals surface area contributed by atoms with Crippen LogP contribution in [0.2, 0.25) is 0 Å². The maximum atomic E-state index is 13.6. The van der Waals surface area contributed by atoms with E-state index in [1.807, 2.05) is 6.07 Å². The molecule has 0 heterocycles. The average Bonchev–Trinajstić information content (AvgIpc) is 3.33. The number of benzene rings is 1. The maximum Gasteiger partial charge on any atom is 0.123 e. The molecule has 146 valence electrons. The molecule has 5 saturated carbocycles. The van der Waals surface area contributed by atoms with Gasteiger partial charge in [-0.25, -0.2) is 4.39 Å². The van der Waals surface area contributed by atoms with Crippen molar-refractivity contribution in [2.24, 2.45) is 52.8 Å². The molecule has 0 aliphatic heterocycles. The molecule has 0 aromatic heterocycles. The van der Waals surface area contributed by atoms with E-state index in [0.29, 0.717) is 5.41 Å². The maximum absolute atomic E-state index is 13.6. The number of hydrogen-bond acceptors (Lipinski definition) is 0. The van der Waals surface area contributed by atoms with E-state index in [-0.39, 0.29) is 5.82 Å². The Kier molecular flexibility index (Phi) is 3.83. The van der Waals surface area contributed by atoms with Gasteiger partial charge in [-0.1, -0.05) is 31.9 Å². The lowest BCUT2D eigenvalue weighted by Gasteiger charge is -2.49. The highest BCUT2D eigenvalue weighted by atomic mass is 19.1. The first-order valence-corrected chi connectivity index (χ1v) is 11.9. The molecule has 5 aliphatic rings. The molecule has 0 saturated heterocycles. The summed E-state index contributed by atoms with van der Waals surface area (Å²) in [6.45, 7) is 2.39. The average molecular weight is 367 g/mol. The van der Waals surface area contributed by atoms with Gasteiger partial charge in [-0.3, -0.25) is 0 Å². The number of rotatable bonds is 4. The smallest absolute Gasteiger partial charge is 0.123 e. The second kappa shape index (κ2) is 6.07. The van der Waals surface area contributed by atoms with Gasteiger partial charge in [0.05, 0.1) is 0 Å². The lowest BCUT2D eigenvalue weighted by atomic mass is 9.55. The van der Waals surface area contributed by atoms with E-state index in [1.54, 1.807) is 37.8 Å². The van der Waals surface area contributed by atoms with Crippen molar-refractivity contribution in [3.05, 3.63) is 35.6 Å². The van der Waals surface area contributed by atoms with E-state index >= 15 is 0 Å². The van der Waals surface area contributed by atoms with Crippen molar-refractivity contribution in [2.45, 2.75) is 71.1 Å². The largest absolute Gasteiger partial charge is 0.207 e. The fourth-order valence-electron chi connectivity index (χ4n) is 9.74. The first-order chi connectivity index (χ1) is 13.2. The van der Waals surface area contributed by atoms with Crippen molar-refractivity contribution in [2.75, 3.05) is 0 Å². The van der Waals surface area contributed by atoms with Crippen molar-refractivity contribution in [3.63, 3.8) is 0 Å². The van der Waals surface area contributed by atoms with Crippen LogP contribution in [0.4, 0.5) is 4.39 Å². The Bertz CT molecular complexity index is 725. The van der Waals surface area contributed by atoms with Gasteiger partial charge >= 0.3 is 0 Å². The number of hydrogen-bond donors (Lipinski definition) is 0. The van der Waals surface area contributed by atoms with Gasteiger partial charge in [0.1, 0.15) is 5.82 Å². The van der Waals surface area contributed by atoms with Gasteiger partial charge in [-0.15, -0.1) is 0 Å². The van der Waals surface area contributed by atoms with Crippen LogP contribution in [0.25, 0.3) is 0 Å². The third-order valence-electron chi connectivity index (χ3n) is 10.1. The molecule has 4 bridgehead atoms. The molecule has 0 N–H and O–H groups in total. The zero-order valence-electron chi connectivity index (χ0n) is 16.9.